The van der Waals surface area contributed by atoms with Gasteiger partial charge in [-0.05, 0) is 42.8 Å². The summed E-state index contributed by atoms with van der Waals surface area (Å²) < 4.78 is 2.19. The average Bonchev–Trinajstić information content (AvgIpc) is 2.97. The van der Waals surface area contributed by atoms with Crippen LogP contribution in [-0.4, -0.2) is 21.4 Å². The van der Waals surface area contributed by atoms with Crippen LogP contribution in [0.25, 0.3) is 10.9 Å². The number of hydrogen-bond donors (Lipinski definition) is 2. The number of anilines is 1. The number of hydrogen-bond acceptors (Lipinski definition) is 3. The topological polar surface area (TPSA) is 90.0 Å². The Morgan fingerprint density at radius 1 is 1.21 bits per heavy atom. The van der Waals surface area contributed by atoms with E-state index in [-0.39, 0.29) is 17.2 Å². The highest BCUT2D eigenvalue weighted by molar-refractivity contribution is 6.04. The molecule has 0 atom stereocenters. The summed E-state index contributed by atoms with van der Waals surface area (Å²) in [6.45, 7) is 3.10. The van der Waals surface area contributed by atoms with Crippen molar-refractivity contribution < 1.29 is 9.59 Å². The van der Waals surface area contributed by atoms with Crippen molar-refractivity contribution in [2.24, 2.45) is 5.73 Å². The molecule has 6 heteroatoms. The smallest absolute Gasteiger partial charge is 0.274 e. The van der Waals surface area contributed by atoms with Crippen molar-refractivity contribution in [1.82, 2.24) is 9.55 Å². The lowest BCUT2D eigenvalue weighted by molar-refractivity contribution is 0.0993. The fraction of sp³-hybridized carbons (Fsp3) is 0.167. The first kappa shape index (κ1) is 15.7. The van der Waals surface area contributed by atoms with Gasteiger partial charge in [0, 0.05) is 35.5 Å². The SMILES string of the molecule is CCCn1ccc2cc(NC(=O)c3ccc(C(N)=O)cn3)ccc21. The van der Waals surface area contributed by atoms with E-state index in [0.717, 1.165) is 23.9 Å². The highest BCUT2D eigenvalue weighted by Gasteiger charge is 2.10. The number of benzene rings is 1. The number of amides is 2. The molecule has 0 unspecified atom stereocenters. The number of carbonyl (C=O) groups excluding carboxylic acids is 2. The van der Waals surface area contributed by atoms with Gasteiger partial charge in [0.05, 0.1) is 5.56 Å². The Kier molecular flexibility index (Phi) is 4.29. The quantitative estimate of drug-likeness (QED) is 0.757. The van der Waals surface area contributed by atoms with E-state index in [0.29, 0.717) is 5.69 Å². The Morgan fingerprint density at radius 3 is 2.71 bits per heavy atom. The number of carbonyl (C=O) groups is 2. The predicted molar refractivity (Wildman–Crippen MR) is 92.9 cm³/mol. The molecular formula is C18H18N4O2. The van der Waals surface area contributed by atoms with Gasteiger partial charge in [-0.2, -0.15) is 0 Å². The average molecular weight is 322 g/mol. The molecule has 3 aromatic rings. The van der Waals surface area contributed by atoms with E-state index >= 15 is 0 Å². The number of nitrogens with two attached hydrogens (primary N) is 1. The number of primary amides is 1. The first-order valence-electron chi connectivity index (χ1n) is 7.74. The summed E-state index contributed by atoms with van der Waals surface area (Å²) in [5.41, 5.74) is 7.49. The molecule has 3 rings (SSSR count). The molecule has 0 aliphatic rings. The third-order valence-electron chi connectivity index (χ3n) is 3.77. The van der Waals surface area contributed by atoms with Crippen molar-refractivity contribution in [3.63, 3.8) is 0 Å². The van der Waals surface area contributed by atoms with Crippen LogP contribution in [-0.2, 0) is 6.54 Å². The lowest BCUT2D eigenvalue weighted by Gasteiger charge is -2.07. The molecule has 0 spiro atoms. The minimum absolute atomic E-state index is 0.226. The highest BCUT2D eigenvalue weighted by atomic mass is 16.2. The van der Waals surface area contributed by atoms with E-state index in [2.05, 4.69) is 21.8 Å². The second-order valence-electron chi connectivity index (χ2n) is 5.53. The second-order valence-corrected chi connectivity index (χ2v) is 5.53. The zero-order valence-electron chi connectivity index (χ0n) is 13.3. The molecule has 2 aromatic heterocycles. The van der Waals surface area contributed by atoms with Gasteiger partial charge in [0.15, 0.2) is 0 Å². The van der Waals surface area contributed by atoms with E-state index in [1.807, 2.05) is 30.5 Å². The van der Waals surface area contributed by atoms with Crippen LogP contribution in [0, 0.1) is 0 Å². The fourth-order valence-electron chi connectivity index (χ4n) is 2.58. The normalized spacial score (nSPS) is 10.7. The van der Waals surface area contributed by atoms with Crippen LogP contribution in [0.5, 0.6) is 0 Å². The van der Waals surface area contributed by atoms with E-state index in [9.17, 15) is 9.59 Å². The number of aryl methyl sites for hydroxylation is 1. The minimum atomic E-state index is -0.573. The summed E-state index contributed by atoms with van der Waals surface area (Å²) >= 11 is 0. The van der Waals surface area contributed by atoms with Gasteiger partial charge in [-0.1, -0.05) is 6.92 Å². The Bertz CT molecular complexity index is 897. The van der Waals surface area contributed by atoms with Crippen LogP contribution in [0.15, 0.2) is 48.8 Å². The van der Waals surface area contributed by atoms with Gasteiger partial charge in [0.1, 0.15) is 5.69 Å². The largest absolute Gasteiger partial charge is 0.366 e. The third kappa shape index (κ3) is 3.12. The van der Waals surface area contributed by atoms with Gasteiger partial charge in [-0.15, -0.1) is 0 Å². The summed E-state index contributed by atoms with van der Waals surface area (Å²) in [7, 11) is 0. The molecule has 2 amide bonds. The lowest BCUT2D eigenvalue weighted by Crippen LogP contribution is -2.16. The van der Waals surface area contributed by atoms with E-state index in [1.54, 1.807) is 0 Å². The maximum absolute atomic E-state index is 12.2. The summed E-state index contributed by atoms with van der Waals surface area (Å²) in [6, 6.07) is 10.8. The zero-order valence-corrected chi connectivity index (χ0v) is 13.3. The molecule has 6 nitrogen and oxygen atoms in total. The number of pyridine rings is 1. The number of rotatable bonds is 5. The standard InChI is InChI=1S/C18H18N4O2/c1-2-8-22-9-7-12-10-14(4-6-16(12)22)21-18(24)15-5-3-13(11-20-15)17(19)23/h3-7,9-11H,2,8H2,1H3,(H2,19,23)(H,21,24). The van der Waals surface area contributed by atoms with Crippen LogP contribution < -0.4 is 11.1 Å². The Morgan fingerprint density at radius 2 is 2.04 bits per heavy atom. The van der Waals surface area contributed by atoms with Gasteiger partial charge in [0.2, 0.25) is 5.91 Å². The molecule has 0 saturated carbocycles. The summed E-state index contributed by atoms with van der Waals surface area (Å²) in [5.74, 6) is -0.908. The monoisotopic (exact) mass is 322 g/mol. The Labute approximate surface area is 139 Å². The first-order valence-corrected chi connectivity index (χ1v) is 7.74. The van der Waals surface area contributed by atoms with Gasteiger partial charge >= 0.3 is 0 Å². The van der Waals surface area contributed by atoms with Crippen LogP contribution in [0.3, 0.4) is 0 Å². The molecule has 24 heavy (non-hydrogen) atoms. The number of nitrogens with zero attached hydrogens (tertiary/aromatic N) is 2. The lowest BCUT2D eigenvalue weighted by atomic mass is 10.2. The molecular weight excluding hydrogens is 304 g/mol. The van der Waals surface area contributed by atoms with Crippen LogP contribution in [0.4, 0.5) is 5.69 Å². The number of aromatic nitrogens is 2. The molecule has 3 N–H and O–H groups in total. The number of nitrogens with one attached hydrogen (secondary N) is 1. The van der Waals surface area contributed by atoms with E-state index in [1.165, 1.54) is 18.3 Å². The van der Waals surface area contributed by atoms with Gasteiger partial charge in [-0.25, -0.2) is 0 Å². The van der Waals surface area contributed by atoms with Gasteiger partial charge in [0.25, 0.3) is 5.91 Å². The van der Waals surface area contributed by atoms with Gasteiger partial charge in [-0.3, -0.25) is 14.6 Å². The molecule has 0 aliphatic carbocycles. The van der Waals surface area contributed by atoms with Crippen molar-refractivity contribution in [3.8, 4) is 0 Å². The zero-order chi connectivity index (χ0) is 17.1. The van der Waals surface area contributed by atoms with E-state index in [4.69, 9.17) is 5.73 Å². The molecule has 0 bridgehead atoms. The van der Waals surface area contributed by atoms with Crippen LogP contribution >= 0.6 is 0 Å². The van der Waals surface area contributed by atoms with Crippen molar-refractivity contribution >= 4 is 28.4 Å². The van der Waals surface area contributed by atoms with Crippen LogP contribution in [0.2, 0.25) is 0 Å². The highest BCUT2D eigenvalue weighted by Crippen LogP contribution is 2.21. The van der Waals surface area contributed by atoms with Crippen molar-refractivity contribution in [2.75, 3.05) is 5.32 Å². The number of fused-ring (bicyclic) bond motifs is 1. The molecule has 2 heterocycles. The maximum Gasteiger partial charge on any atom is 0.274 e. The van der Waals surface area contributed by atoms with Crippen molar-refractivity contribution in [3.05, 3.63) is 60.0 Å². The summed E-state index contributed by atoms with van der Waals surface area (Å²) in [6.07, 6.45) is 4.41. The fourth-order valence-corrected chi connectivity index (χ4v) is 2.58. The van der Waals surface area contributed by atoms with Crippen LogP contribution in [0.1, 0.15) is 34.2 Å². The summed E-state index contributed by atoms with van der Waals surface area (Å²) in [4.78, 5) is 27.2. The maximum atomic E-state index is 12.2. The molecule has 0 fully saturated rings. The first-order chi connectivity index (χ1) is 11.6. The molecule has 122 valence electrons. The predicted octanol–water partition coefficient (Wildman–Crippen LogP) is 2.80. The second kappa shape index (κ2) is 6.54. The summed E-state index contributed by atoms with van der Waals surface area (Å²) in [5, 5.41) is 3.88. The Hall–Kier alpha value is -3.15. The molecule has 0 radical (unpaired) electrons. The van der Waals surface area contributed by atoms with Crippen molar-refractivity contribution in [1.29, 1.82) is 0 Å². The third-order valence-corrected chi connectivity index (χ3v) is 3.77. The Balaban J connectivity index is 1.78. The minimum Gasteiger partial charge on any atom is -0.366 e. The van der Waals surface area contributed by atoms with E-state index < -0.39 is 5.91 Å². The van der Waals surface area contributed by atoms with Crippen molar-refractivity contribution in [2.45, 2.75) is 19.9 Å². The molecule has 1 aromatic carbocycles. The van der Waals surface area contributed by atoms with Gasteiger partial charge < -0.3 is 15.6 Å². The molecule has 0 aliphatic heterocycles. The molecule has 0 saturated heterocycles.